The van der Waals surface area contributed by atoms with E-state index in [-0.39, 0.29) is 15.9 Å². The fourth-order valence-corrected chi connectivity index (χ4v) is 9.89. The summed E-state index contributed by atoms with van der Waals surface area (Å²) in [5.74, 6) is -0.213. The molecule has 0 amide bonds. The van der Waals surface area contributed by atoms with Crippen molar-refractivity contribution in [2.24, 2.45) is 34.5 Å². The highest BCUT2D eigenvalue weighted by Gasteiger charge is 2.60. The van der Waals surface area contributed by atoms with Crippen LogP contribution < -0.4 is 0 Å². The van der Waals surface area contributed by atoms with Crippen LogP contribution in [-0.2, 0) is 9.22 Å². The first-order valence-electron chi connectivity index (χ1n) is 14.7. The van der Waals surface area contributed by atoms with Gasteiger partial charge in [0.05, 0.1) is 0 Å². The van der Waals surface area contributed by atoms with Crippen molar-refractivity contribution in [2.75, 3.05) is 0 Å². The van der Waals surface area contributed by atoms with E-state index < -0.39 is 20.1 Å². The van der Waals surface area contributed by atoms with Gasteiger partial charge in [-0.05, 0) is 110 Å². The first-order valence-corrected chi connectivity index (χ1v) is 17.6. The second-order valence-electron chi connectivity index (χ2n) is 14.5. The molecule has 0 aromatic carbocycles. The molecule has 0 bridgehead atoms. The van der Waals surface area contributed by atoms with E-state index in [2.05, 4.69) is 60.7 Å². The minimum atomic E-state index is -1.82. The molecule has 0 heterocycles. The van der Waals surface area contributed by atoms with E-state index in [4.69, 9.17) is 4.43 Å². The molecular weight excluding hydrogens is 467 g/mol. The first kappa shape index (κ1) is 28.1. The predicted octanol–water partition coefficient (Wildman–Crippen LogP) is 9.06. The second kappa shape index (κ2) is 9.66. The van der Waals surface area contributed by atoms with Crippen LogP contribution in [0.1, 0.15) is 106 Å². The summed E-state index contributed by atoms with van der Waals surface area (Å²) in [4.78, 5) is 11.6. The molecule has 7 atom stereocenters. The van der Waals surface area contributed by atoms with Crippen LogP contribution in [0.25, 0.3) is 0 Å². The summed E-state index contributed by atoms with van der Waals surface area (Å²) in [5.41, 5.74) is 2.12. The quantitative estimate of drug-likeness (QED) is 0.217. The molecule has 0 spiro atoms. The maximum atomic E-state index is 14.8. The summed E-state index contributed by atoms with van der Waals surface area (Å²) in [6, 6.07) is 0. The third-order valence-electron chi connectivity index (χ3n) is 11.6. The molecule has 4 aliphatic carbocycles. The number of aliphatic carboxylic acids is 1. The van der Waals surface area contributed by atoms with Crippen LogP contribution in [0.5, 0.6) is 0 Å². The molecule has 1 N–H and O–H groups in total. The van der Waals surface area contributed by atoms with E-state index >= 15 is 0 Å². The highest BCUT2D eigenvalue weighted by atomic mass is 28.4. The largest absolute Gasteiger partial charge is 0.476 e. The molecule has 3 saturated carbocycles. The monoisotopic (exact) mass is 518 g/mol. The van der Waals surface area contributed by atoms with Gasteiger partial charge in [-0.1, -0.05) is 66.0 Å². The first-order chi connectivity index (χ1) is 16.7. The Hall–Kier alpha value is -0.943. The lowest BCUT2D eigenvalue weighted by molar-refractivity contribution is -0.134. The van der Waals surface area contributed by atoms with Gasteiger partial charge in [-0.15, -0.1) is 0 Å². The van der Waals surface area contributed by atoms with Gasteiger partial charge in [-0.2, -0.15) is 4.39 Å². The standard InChI is InChI=1S/C31H51FO3Si/c1-9-10-11-20-18-21-19-22(35-36(7,8)29(2,3)4)14-16-30(21,5)24-15-17-31(6)23(26(20)24)12-13-25(31)27(32)28(33)34/h18,20,22-24,26H,9-17,19H2,1-8H3,(H,33,34)/t20-,22?,23+,24+,26+,30+,31+/m1/s1. The lowest BCUT2D eigenvalue weighted by Crippen LogP contribution is -2.53. The van der Waals surface area contributed by atoms with Gasteiger partial charge in [0.25, 0.3) is 0 Å². The molecule has 5 heteroatoms. The number of rotatable bonds is 6. The normalized spacial score (nSPS) is 40.1. The Balaban J connectivity index is 1.67. The molecule has 4 rings (SSSR count). The van der Waals surface area contributed by atoms with E-state index in [1.807, 2.05) is 0 Å². The molecule has 3 fully saturated rings. The van der Waals surface area contributed by atoms with Gasteiger partial charge in [-0.3, -0.25) is 0 Å². The molecule has 4 aliphatic rings. The molecule has 3 nitrogen and oxygen atoms in total. The van der Waals surface area contributed by atoms with Crippen LogP contribution in [0.4, 0.5) is 4.39 Å². The van der Waals surface area contributed by atoms with E-state index in [0.717, 1.165) is 32.1 Å². The van der Waals surface area contributed by atoms with E-state index in [1.165, 1.54) is 25.7 Å². The Kier molecular flexibility index (Phi) is 7.54. The molecule has 0 aliphatic heterocycles. The minimum absolute atomic E-state index is 0.194. The molecule has 0 saturated heterocycles. The zero-order chi connectivity index (χ0) is 26.7. The number of carboxylic acid groups (broad SMARTS) is 1. The Bertz CT molecular complexity index is 931. The lowest BCUT2D eigenvalue weighted by Gasteiger charge is -2.60. The van der Waals surface area contributed by atoms with Crippen molar-refractivity contribution in [3.05, 3.63) is 23.0 Å². The second-order valence-corrected chi connectivity index (χ2v) is 19.3. The smallest absolute Gasteiger partial charge is 0.364 e. The number of carbonyl (C=O) groups is 1. The van der Waals surface area contributed by atoms with Gasteiger partial charge < -0.3 is 9.53 Å². The van der Waals surface area contributed by atoms with Crippen LogP contribution in [0.3, 0.4) is 0 Å². The molecule has 0 aromatic heterocycles. The number of halogens is 1. The average molecular weight is 519 g/mol. The highest BCUT2D eigenvalue weighted by Crippen LogP contribution is 2.68. The Morgan fingerprint density at radius 1 is 1.14 bits per heavy atom. The summed E-state index contributed by atoms with van der Waals surface area (Å²) >= 11 is 0. The van der Waals surface area contributed by atoms with E-state index in [1.54, 1.807) is 5.57 Å². The number of unbranched alkanes of at least 4 members (excludes halogenated alkanes) is 1. The highest BCUT2D eigenvalue weighted by molar-refractivity contribution is 6.74. The third-order valence-corrected chi connectivity index (χ3v) is 16.2. The number of allylic oxidation sites excluding steroid dienone is 2. The van der Waals surface area contributed by atoms with Gasteiger partial charge in [-0.25, -0.2) is 4.79 Å². The number of hydrogen-bond acceptors (Lipinski definition) is 2. The van der Waals surface area contributed by atoms with Gasteiger partial charge in [0.1, 0.15) is 0 Å². The van der Waals surface area contributed by atoms with Crippen molar-refractivity contribution in [3.8, 4) is 0 Å². The summed E-state index contributed by atoms with van der Waals surface area (Å²) in [6.45, 7) is 18.7. The summed E-state index contributed by atoms with van der Waals surface area (Å²) in [5, 5.41) is 9.67. The number of fused-ring (bicyclic) bond motifs is 5. The molecule has 0 radical (unpaired) electrons. The fourth-order valence-electron chi connectivity index (χ4n) is 8.50. The summed E-state index contributed by atoms with van der Waals surface area (Å²) < 4.78 is 21.8. The van der Waals surface area contributed by atoms with Gasteiger partial charge in [0.2, 0.25) is 5.83 Å². The maximum absolute atomic E-state index is 14.8. The molecular formula is C31H51FO3Si. The van der Waals surface area contributed by atoms with Crippen LogP contribution in [0.15, 0.2) is 23.0 Å². The maximum Gasteiger partial charge on any atom is 0.364 e. The fraction of sp³-hybridized carbons (Fsp3) is 0.839. The van der Waals surface area contributed by atoms with Crippen molar-refractivity contribution < 1.29 is 18.7 Å². The zero-order valence-corrected chi connectivity index (χ0v) is 25.2. The topological polar surface area (TPSA) is 46.5 Å². The molecule has 204 valence electrons. The van der Waals surface area contributed by atoms with E-state index in [0.29, 0.717) is 41.8 Å². The Morgan fingerprint density at radius 3 is 2.39 bits per heavy atom. The molecule has 36 heavy (non-hydrogen) atoms. The molecule has 1 unspecified atom stereocenters. The van der Waals surface area contributed by atoms with E-state index in [9.17, 15) is 14.3 Å². The van der Waals surface area contributed by atoms with Crippen molar-refractivity contribution in [1.29, 1.82) is 0 Å². The van der Waals surface area contributed by atoms with Crippen LogP contribution >= 0.6 is 0 Å². The summed E-state index contributed by atoms with van der Waals surface area (Å²) in [6.07, 6.45) is 13.5. The number of hydrogen-bond donors (Lipinski definition) is 1. The van der Waals surface area contributed by atoms with Crippen molar-refractivity contribution in [1.82, 2.24) is 0 Å². The van der Waals surface area contributed by atoms with Crippen molar-refractivity contribution in [3.63, 3.8) is 0 Å². The Morgan fingerprint density at radius 2 is 1.78 bits per heavy atom. The van der Waals surface area contributed by atoms with Gasteiger partial charge >= 0.3 is 5.97 Å². The zero-order valence-electron chi connectivity index (χ0n) is 24.2. The van der Waals surface area contributed by atoms with Crippen LogP contribution in [-0.4, -0.2) is 25.5 Å². The SMILES string of the molecule is CCCC[C@@H]1C=C2CC(O[Si](C)(C)C(C)(C)C)CC[C@]2(C)[C@H]2CC[C@]3(C)C(=C(F)C(=O)O)CC[C@H]3[C@H]12. The van der Waals surface area contributed by atoms with Gasteiger partial charge in [0.15, 0.2) is 8.32 Å². The molecule has 0 aromatic rings. The van der Waals surface area contributed by atoms with Crippen molar-refractivity contribution >= 4 is 14.3 Å². The minimum Gasteiger partial charge on any atom is -0.476 e. The van der Waals surface area contributed by atoms with Crippen molar-refractivity contribution in [2.45, 2.75) is 130 Å². The Labute approximate surface area is 220 Å². The average Bonchev–Trinajstić information content (AvgIpc) is 3.13. The van der Waals surface area contributed by atoms with Crippen LogP contribution in [0, 0.1) is 34.5 Å². The van der Waals surface area contributed by atoms with Gasteiger partial charge in [0, 0.05) is 6.10 Å². The summed E-state index contributed by atoms with van der Waals surface area (Å²) in [7, 11) is -1.82. The third kappa shape index (κ3) is 4.59. The predicted molar refractivity (Wildman–Crippen MR) is 148 cm³/mol. The van der Waals surface area contributed by atoms with Crippen LogP contribution in [0.2, 0.25) is 18.1 Å². The lowest BCUT2D eigenvalue weighted by atomic mass is 9.45. The number of carboxylic acids is 1.